The summed E-state index contributed by atoms with van der Waals surface area (Å²) in [5, 5.41) is 6.11. The van der Waals surface area contributed by atoms with Crippen molar-refractivity contribution in [2.45, 2.75) is 13.0 Å². The Labute approximate surface area is 190 Å². The van der Waals surface area contributed by atoms with Crippen molar-refractivity contribution in [1.29, 1.82) is 0 Å². The molecule has 2 heterocycles. The molecule has 0 radical (unpaired) electrons. The number of pyridine rings is 1. The second-order valence-corrected chi connectivity index (χ2v) is 7.66. The number of fused-ring (bicyclic) bond motifs is 3. The fourth-order valence-corrected chi connectivity index (χ4v) is 3.89. The minimum Gasteiger partial charge on any atom is -0.493 e. The molecule has 1 N–H and O–H groups in total. The van der Waals surface area contributed by atoms with Gasteiger partial charge in [0.15, 0.2) is 11.5 Å². The number of benzene rings is 3. The third-order valence-electron chi connectivity index (χ3n) is 5.46. The van der Waals surface area contributed by atoms with Gasteiger partial charge < -0.3 is 19.2 Å². The first kappa shape index (κ1) is 20.6. The molecule has 1 amide bonds. The molecule has 5 rings (SSSR count). The molecule has 0 atom stereocenters. The van der Waals surface area contributed by atoms with Crippen LogP contribution in [0.25, 0.3) is 21.7 Å². The van der Waals surface area contributed by atoms with Gasteiger partial charge in [-0.1, -0.05) is 36.4 Å². The van der Waals surface area contributed by atoms with Crippen molar-refractivity contribution in [2.24, 2.45) is 0 Å². The van der Waals surface area contributed by atoms with Crippen molar-refractivity contribution in [3.63, 3.8) is 0 Å². The normalized spacial score (nSPS) is 10.9. The van der Waals surface area contributed by atoms with Crippen LogP contribution in [0.1, 0.15) is 11.1 Å². The largest absolute Gasteiger partial charge is 0.493 e. The zero-order valence-corrected chi connectivity index (χ0v) is 18.1. The number of ether oxygens (including phenoxy) is 2. The lowest BCUT2D eigenvalue weighted by molar-refractivity contribution is -0.115. The standard InChI is InChI=1S/C27H22N2O4/c1-31-23-11-9-21(14-25(23)32-16-18-5-4-12-28-15-18)29-26(30)13-20-17-33-24-10-8-19-6-2-3-7-22(19)27(20)24/h2-12,14-15,17H,13,16H2,1H3,(H,29,30). The Morgan fingerprint density at radius 2 is 1.94 bits per heavy atom. The van der Waals surface area contributed by atoms with Gasteiger partial charge in [-0.2, -0.15) is 0 Å². The van der Waals surface area contributed by atoms with Crippen LogP contribution < -0.4 is 14.8 Å². The molecule has 3 aromatic carbocycles. The topological polar surface area (TPSA) is 73.6 Å². The number of anilines is 1. The number of rotatable bonds is 7. The van der Waals surface area contributed by atoms with Crippen molar-refractivity contribution in [2.75, 3.05) is 12.4 Å². The van der Waals surface area contributed by atoms with Gasteiger partial charge in [0.1, 0.15) is 12.2 Å². The number of hydrogen-bond acceptors (Lipinski definition) is 5. The van der Waals surface area contributed by atoms with E-state index in [1.54, 1.807) is 44.0 Å². The molecule has 164 valence electrons. The van der Waals surface area contributed by atoms with Crippen LogP contribution in [0, 0.1) is 0 Å². The van der Waals surface area contributed by atoms with Gasteiger partial charge in [0.25, 0.3) is 0 Å². The predicted molar refractivity (Wildman–Crippen MR) is 128 cm³/mol. The van der Waals surface area contributed by atoms with Gasteiger partial charge >= 0.3 is 0 Å². The Balaban J connectivity index is 1.34. The molecular formula is C27H22N2O4. The first-order valence-electron chi connectivity index (χ1n) is 10.6. The Morgan fingerprint density at radius 3 is 2.79 bits per heavy atom. The van der Waals surface area contributed by atoms with Gasteiger partial charge in [-0.25, -0.2) is 0 Å². The number of carbonyl (C=O) groups excluding carboxylic acids is 1. The highest BCUT2D eigenvalue weighted by Gasteiger charge is 2.14. The molecule has 2 aromatic heterocycles. The van der Waals surface area contributed by atoms with Crippen LogP contribution in [-0.2, 0) is 17.8 Å². The molecule has 5 aromatic rings. The summed E-state index contributed by atoms with van der Waals surface area (Å²) in [7, 11) is 1.58. The second-order valence-electron chi connectivity index (χ2n) is 7.66. The molecule has 0 aliphatic carbocycles. The monoisotopic (exact) mass is 438 g/mol. The van der Waals surface area contributed by atoms with Gasteiger partial charge in [0.05, 0.1) is 19.8 Å². The number of nitrogens with one attached hydrogen (secondary N) is 1. The summed E-state index contributed by atoms with van der Waals surface area (Å²) < 4.78 is 17.0. The summed E-state index contributed by atoms with van der Waals surface area (Å²) in [6.07, 6.45) is 5.31. The number of carbonyl (C=O) groups is 1. The summed E-state index contributed by atoms with van der Waals surface area (Å²) in [6, 6.07) is 21.2. The number of aromatic nitrogens is 1. The third kappa shape index (κ3) is 4.36. The van der Waals surface area contributed by atoms with E-state index >= 15 is 0 Å². The number of amides is 1. The average Bonchev–Trinajstić information content (AvgIpc) is 3.26. The van der Waals surface area contributed by atoms with Crippen LogP contribution in [0.15, 0.2) is 89.8 Å². The molecule has 0 aliphatic rings. The lowest BCUT2D eigenvalue weighted by atomic mass is 10.0. The molecule has 0 spiro atoms. The van der Waals surface area contributed by atoms with E-state index in [2.05, 4.69) is 16.4 Å². The first-order chi connectivity index (χ1) is 16.2. The highest BCUT2D eigenvalue weighted by Crippen LogP contribution is 2.32. The minimum atomic E-state index is -0.144. The van der Waals surface area contributed by atoms with Crippen LogP contribution in [0.3, 0.4) is 0 Å². The summed E-state index contributed by atoms with van der Waals surface area (Å²) in [6.45, 7) is 0.343. The number of hydrogen-bond donors (Lipinski definition) is 1. The molecule has 0 saturated carbocycles. The highest BCUT2D eigenvalue weighted by atomic mass is 16.5. The van der Waals surface area contributed by atoms with E-state index in [1.165, 1.54) is 0 Å². The first-order valence-corrected chi connectivity index (χ1v) is 10.6. The minimum absolute atomic E-state index is 0.144. The average molecular weight is 438 g/mol. The molecular weight excluding hydrogens is 416 g/mol. The van der Waals surface area contributed by atoms with Crippen molar-refractivity contribution >= 4 is 33.3 Å². The summed E-state index contributed by atoms with van der Waals surface area (Å²) in [4.78, 5) is 17.0. The van der Waals surface area contributed by atoms with E-state index < -0.39 is 0 Å². The Morgan fingerprint density at radius 1 is 1.03 bits per heavy atom. The maximum Gasteiger partial charge on any atom is 0.228 e. The van der Waals surface area contributed by atoms with Crippen molar-refractivity contribution in [1.82, 2.24) is 4.98 Å². The fourth-order valence-electron chi connectivity index (χ4n) is 3.89. The molecule has 0 unspecified atom stereocenters. The zero-order chi connectivity index (χ0) is 22.6. The fraction of sp³-hybridized carbons (Fsp3) is 0.111. The Hall–Kier alpha value is -4.32. The molecule has 0 aliphatic heterocycles. The summed E-state index contributed by atoms with van der Waals surface area (Å²) in [5.74, 6) is 0.983. The maximum atomic E-state index is 12.9. The van der Waals surface area contributed by atoms with Gasteiger partial charge in [-0.3, -0.25) is 9.78 Å². The van der Waals surface area contributed by atoms with Crippen molar-refractivity contribution in [3.8, 4) is 11.5 Å². The molecule has 0 fully saturated rings. The SMILES string of the molecule is COc1ccc(NC(=O)Cc2coc3ccc4ccccc4c23)cc1OCc1cccnc1. The Bertz CT molecular complexity index is 1430. The lowest BCUT2D eigenvalue weighted by Crippen LogP contribution is -2.14. The van der Waals surface area contributed by atoms with E-state index in [0.717, 1.165) is 32.9 Å². The zero-order valence-electron chi connectivity index (χ0n) is 18.1. The predicted octanol–water partition coefficient (Wildman–Crippen LogP) is 5.75. The van der Waals surface area contributed by atoms with Crippen LogP contribution in [0.4, 0.5) is 5.69 Å². The van der Waals surface area contributed by atoms with Crippen LogP contribution >= 0.6 is 0 Å². The Kier molecular flexibility index (Phi) is 5.64. The number of nitrogens with zero attached hydrogens (tertiary/aromatic N) is 1. The molecule has 0 saturated heterocycles. The second kappa shape index (κ2) is 9.04. The van der Waals surface area contributed by atoms with Gasteiger partial charge in [-0.15, -0.1) is 0 Å². The van der Waals surface area contributed by atoms with Crippen LogP contribution in [0.5, 0.6) is 11.5 Å². The van der Waals surface area contributed by atoms with E-state index in [4.69, 9.17) is 13.9 Å². The third-order valence-corrected chi connectivity index (χ3v) is 5.46. The van der Waals surface area contributed by atoms with E-state index in [1.807, 2.05) is 42.5 Å². The maximum absolute atomic E-state index is 12.9. The van der Waals surface area contributed by atoms with Gasteiger partial charge in [-0.05, 0) is 35.0 Å². The molecule has 33 heavy (non-hydrogen) atoms. The van der Waals surface area contributed by atoms with E-state index in [9.17, 15) is 4.79 Å². The van der Waals surface area contributed by atoms with E-state index in [0.29, 0.717) is 23.8 Å². The number of furan rings is 1. The van der Waals surface area contributed by atoms with Gasteiger partial charge in [0.2, 0.25) is 5.91 Å². The summed E-state index contributed by atoms with van der Waals surface area (Å²) >= 11 is 0. The molecule has 0 bridgehead atoms. The smallest absolute Gasteiger partial charge is 0.228 e. The quantitative estimate of drug-likeness (QED) is 0.350. The highest BCUT2D eigenvalue weighted by molar-refractivity contribution is 6.09. The van der Waals surface area contributed by atoms with Crippen molar-refractivity contribution in [3.05, 3.63) is 96.5 Å². The van der Waals surface area contributed by atoms with E-state index in [-0.39, 0.29) is 12.3 Å². The van der Waals surface area contributed by atoms with Crippen molar-refractivity contribution < 1.29 is 18.7 Å². The molecule has 6 heteroatoms. The summed E-state index contributed by atoms with van der Waals surface area (Å²) in [5.41, 5.74) is 3.18. The number of methoxy groups -OCH3 is 1. The lowest BCUT2D eigenvalue weighted by Gasteiger charge is -2.13. The van der Waals surface area contributed by atoms with Crippen LogP contribution in [0.2, 0.25) is 0 Å². The van der Waals surface area contributed by atoms with Gasteiger partial charge in [0, 0.05) is 40.7 Å². The van der Waals surface area contributed by atoms with Crippen LogP contribution in [-0.4, -0.2) is 18.0 Å². The molecule has 6 nitrogen and oxygen atoms in total.